The highest BCUT2D eigenvalue weighted by Crippen LogP contribution is 2.31. The van der Waals surface area contributed by atoms with Gasteiger partial charge in [-0.2, -0.15) is 0 Å². The second-order valence-electron chi connectivity index (χ2n) is 5.47. The summed E-state index contributed by atoms with van der Waals surface area (Å²) in [5.74, 6) is -0.138. The lowest BCUT2D eigenvalue weighted by molar-refractivity contribution is 0.554. The molecule has 1 atom stereocenters. The number of halogens is 2. The van der Waals surface area contributed by atoms with Crippen LogP contribution in [-0.2, 0) is 0 Å². The van der Waals surface area contributed by atoms with Gasteiger partial charge in [-0.1, -0.05) is 35.0 Å². The molecule has 3 heteroatoms. The summed E-state index contributed by atoms with van der Waals surface area (Å²) in [5, 5.41) is 3.42. The van der Waals surface area contributed by atoms with Gasteiger partial charge in [-0.3, -0.25) is 0 Å². The van der Waals surface area contributed by atoms with E-state index in [1.54, 1.807) is 6.07 Å². The zero-order valence-corrected chi connectivity index (χ0v) is 14.5. The van der Waals surface area contributed by atoms with Crippen LogP contribution in [-0.4, -0.2) is 6.54 Å². The zero-order valence-electron chi connectivity index (χ0n) is 12.9. The van der Waals surface area contributed by atoms with Gasteiger partial charge >= 0.3 is 0 Å². The van der Waals surface area contributed by atoms with Crippen molar-refractivity contribution >= 4 is 15.9 Å². The Bertz CT molecular complexity index is 629. The van der Waals surface area contributed by atoms with Gasteiger partial charge in [0.1, 0.15) is 5.82 Å². The predicted molar refractivity (Wildman–Crippen MR) is 90.3 cm³/mol. The summed E-state index contributed by atoms with van der Waals surface area (Å²) in [6, 6.07) is 9.67. The fourth-order valence-electron chi connectivity index (χ4n) is 2.83. The van der Waals surface area contributed by atoms with Gasteiger partial charge in [0.25, 0.3) is 0 Å². The van der Waals surface area contributed by atoms with Crippen LogP contribution in [0.25, 0.3) is 0 Å². The molecule has 1 nitrogen and oxygen atoms in total. The summed E-state index contributed by atoms with van der Waals surface area (Å²) < 4.78 is 15.6. The highest BCUT2D eigenvalue weighted by Gasteiger charge is 2.21. The Labute approximate surface area is 134 Å². The van der Waals surface area contributed by atoms with E-state index in [-0.39, 0.29) is 11.9 Å². The second-order valence-corrected chi connectivity index (χ2v) is 6.38. The number of hydrogen-bond donors (Lipinski definition) is 1. The summed E-state index contributed by atoms with van der Waals surface area (Å²) in [7, 11) is 0. The highest BCUT2D eigenvalue weighted by molar-refractivity contribution is 9.10. The third-order valence-electron chi connectivity index (χ3n) is 3.72. The fraction of sp³-hybridized carbons (Fsp3) is 0.333. The smallest absolute Gasteiger partial charge is 0.128 e. The molecule has 0 amide bonds. The lowest BCUT2D eigenvalue weighted by atomic mass is 9.91. The number of aryl methyl sites for hydroxylation is 3. The number of rotatable bonds is 4. The van der Waals surface area contributed by atoms with Crippen molar-refractivity contribution in [2.75, 3.05) is 6.54 Å². The fourth-order valence-corrected chi connectivity index (χ4v) is 3.30. The topological polar surface area (TPSA) is 12.0 Å². The van der Waals surface area contributed by atoms with Crippen molar-refractivity contribution in [2.24, 2.45) is 0 Å². The average Bonchev–Trinajstić information content (AvgIpc) is 2.37. The van der Waals surface area contributed by atoms with Gasteiger partial charge in [-0.05, 0) is 67.8 Å². The van der Waals surface area contributed by atoms with E-state index in [1.165, 1.54) is 0 Å². The minimum absolute atomic E-state index is 0.122. The molecular formula is C18H21BrFN. The van der Waals surface area contributed by atoms with Gasteiger partial charge in [-0.15, -0.1) is 0 Å². The molecule has 0 aromatic heterocycles. The number of benzene rings is 2. The van der Waals surface area contributed by atoms with Crippen molar-refractivity contribution in [3.05, 3.63) is 68.4 Å². The molecule has 0 heterocycles. The van der Waals surface area contributed by atoms with E-state index in [1.807, 2.05) is 32.9 Å². The molecule has 0 aliphatic rings. The molecule has 0 aliphatic carbocycles. The van der Waals surface area contributed by atoms with E-state index in [0.717, 1.165) is 38.8 Å². The molecule has 112 valence electrons. The Morgan fingerprint density at radius 2 is 1.81 bits per heavy atom. The quantitative estimate of drug-likeness (QED) is 0.798. The second kappa shape index (κ2) is 6.71. The van der Waals surface area contributed by atoms with E-state index < -0.39 is 0 Å². The maximum absolute atomic E-state index is 14.5. The predicted octanol–water partition coefficient (Wildman–Crippen LogP) is 5.21. The van der Waals surface area contributed by atoms with Crippen LogP contribution in [0.1, 0.15) is 40.8 Å². The molecule has 0 spiro atoms. The van der Waals surface area contributed by atoms with Crippen LogP contribution in [0.5, 0.6) is 0 Å². The van der Waals surface area contributed by atoms with Crippen molar-refractivity contribution in [3.63, 3.8) is 0 Å². The van der Waals surface area contributed by atoms with Crippen LogP contribution in [0.15, 0.2) is 34.8 Å². The Hall–Kier alpha value is -1.19. The molecule has 0 fully saturated rings. The van der Waals surface area contributed by atoms with Crippen molar-refractivity contribution < 1.29 is 4.39 Å². The maximum Gasteiger partial charge on any atom is 0.128 e. The molecular weight excluding hydrogens is 329 g/mol. The SMILES string of the molecule is CCNC(c1ccc(Br)cc1C)c1c(C)cc(C)cc1F. The third-order valence-corrected chi connectivity index (χ3v) is 4.21. The molecule has 0 saturated carbocycles. The lowest BCUT2D eigenvalue weighted by Gasteiger charge is -2.24. The third kappa shape index (κ3) is 3.53. The van der Waals surface area contributed by atoms with E-state index in [9.17, 15) is 4.39 Å². The highest BCUT2D eigenvalue weighted by atomic mass is 79.9. The zero-order chi connectivity index (χ0) is 15.6. The molecule has 21 heavy (non-hydrogen) atoms. The molecule has 2 aromatic carbocycles. The first-order valence-electron chi connectivity index (χ1n) is 7.20. The van der Waals surface area contributed by atoms with E-state index in [0.29, 0.717) is 0 Å². The molecule has 0 saturated heterocycles. The first kappa shape index (κ1) is 16.2. The Morgan fingerprint density at radius 3 is 2.38 bits per heavy atom. The van der Waals surface area contributed by atoms with Crippen molar-refractivity contribution in [1.82, 2.24) is 5.32 Å². The Morgan fingerprint density at radius 1 is 1.10 bits per heavy atom. The van der Waals surface area contributed by atoms with E-state index in [4.69, 9.17) is 0 Å². The molecule has 2 aromatic rings. The van der Waals surface area contributed by atoms with Gasteiger partial charge < -0.3 is 5.32 Å². The van der Waals surface area contributed by atoms with Crippen LogP contribution < -0.4 is 5.32 Å². The van der Waals surface area contributed by atoms with Crippen LogP contribution in [0.3, 0.4) is 0 Å². The first-order valence-corrected chi connectivity index (χ1v) is 7.99. The number of nitrogens with one attached hydrogen (secondary N) is 1. The molecule has 2 rings (SSSR count). The molecule has 1 unspecified atom stereocenters. The normalized spacial score (nSPS) is 12.5. The van der Waals surface area contributed by atoms with Crippen LogP contribution >= 0.6 is 15.9 Å². The molecule has 0 aliphatic heterocycles. The first-order chi connectivity index (χ1) is 9.93. The summed E-state index contributed by atoms with van der Waals surface area (Å²) in [6.45, 7) is 8.79. The van der Waals surface area contributed by atoms with Gasteiger partial charge in [0.2, 0.25) is 0 Å². The van der Waals surface area contributed by atoms with Crippen molar-refractivity contribution in [3.8, 4) is 0 Å². The monoisotopic (exact) mass is 349 g/mol. The molecule has 1 N–H and O–H groups in total. The van der Waals surface area contributed by atoms with Crippen LogP contribution in [0, 0.1) is 26.6 Å². The van der Waals surface area contributed by atoms with Crippen LogP contribution in [0.2, 0.25) is 0 Å². The Kier molecular flexibility index (Phi) is 5.17. The van der Waals surface area contributed by atoms with Gasteiger partial charge in [0, 0.05) is 10.0 Å². The summed E-state index contributed by atoms with van der Waals surface area (Å²) in [5.41, 5.74) is 4.95. The largest absolute Gasteiger partial charge is 0.306 e. The molecule has 0 bridgehead atoms. The van der Waals surface area contributed by atoms with Crippen LogP contribution in [0.4, 0.5) is 4.39 Å². The average molecular weight is 350 g/mol. The minimum atomic E-state index is -0.138. The maximum atomic E-state index is 14.5. The standard InChI is InChI=1S/C18H21BrFN/c1-5-21-18(15-7-6-14(19)10-12(15)3)17-13(4)8-11(2)9-16(17)20/h6-10,18,21H,5H2,1-4H3. The summed E-state index contributed by atoms with van der Waals surface area (Å²) in [4.78, 5) is 0. The number of hydrogen-bond acceptors (Lipinski definition) is 1. The lowest BCUT2D eigenvalue weighted by Crippen LogP contribution is -2.24. The minimum Gasteiger partial charge on any atom is -0.306 e. The molecule has 0 radical (unpaired) electrons. The van der Waals surface area contributed by atoms with Gasteiger partial charge in [0.05, 0.1) is 6.04 Å². The summed E-state index contributed by atoms with van der Waals surface area (Å²) in [6.07, 6.45) is 0. The Balaban J connectivity index is 2.59. The van der Waals surface area contributed by atoms with Gasteiger partial charge in [-0.25, -0.2) is 4.39 Å². The summed E-state index contributed by atoms with van der Waals surface area (Å²) >= 11 is 3.48. The van der Waals surface area contributed by atoms with Crippen molar-refractivity contribution in [1.29, 1.82) is 0 Å². The van der Waals surface area contributed by atoms with E-state index >= 15 is 0 Å². The van der Waals surface area contributed by atoms with Gasteiger partial charge in [0.15, 0.2) is 0 Å². The van der Waals surface area contributed by atoms with E-state index in [2.05, 4.69) is 40.3 Å². The van der Waals surface area contributed by atoms with Crippen molar-refractivity contribution in [2.45, 2.75) is 33.7 Å².